The lowest BCUT2D eigenvalue weighted by atomic mass is 10.1. The molecule has 0 aliphatic heterocycles. The summed E-state index contributed by atoms with van der Waals surface area (Å²) in [4.78, 5) is 43.9. The lowest BCUT2D eigenvalue weighted by molar-refractivity contribution is -0.141. The lowest BCUT2D eigenvalue weighted by Crippen LogP contribution is -2.30. The van der Waals surface area contributed by atoms with Gasteiger partial charge >= 0.3 is 5.97 Å². The number of ether oxygens (including phenoxy) is 1. The maximum Gasteiger partial charge on any atom is 0.325 e. The number of benzene rings is 2. The second kappa shape index (κ2) is 8.91. The molecule has 3 rings (SSSR count). The molecule has 8 heteroatoms. The van der Waals surface area contributed by atoms with Crippen LogP contribution in [0, 0.1) is 0 Å². The number of nitrogens with zero attached hydrogens (tertiary/aromatic N) is 3. The van der Waals surface area contributed by atoms with Crippen LogP contribution in [0.3, 0.4) is 0 Å². The van der Waals surface area contributed by atoms with E-state index in [1.165, 1.54) is 16.6 Å². The standard InChI is InChI=1S/C21H21N3O4S/c1-23(2)20(27)18(14-9-5-4-6-10-14)29-21-22-16-12-8-7-11-15(16)19(26)24(21)13-17(25)28-3/h4-12,18H,13H2,1-3H3/t18-/m0/s1. The first-order valence-electron chi connectivity index (χ1n) is 8.91. The first-order chi connectivity index (χ1) is 13.9. The van der Waals surface area contributed by atoms with Crippen LogP contribution in [-0.2, 0) is 20.9 Å². The van der Waals surface area contributed by atoms with Gasteiger partial charge in [-0.2, -0.15) is 0 Å². The van der Waals surface area contributed by atoms with Gasteiger partial charge in [0.15, 0.2) is 5.16 Å². The second-order valence-electron chi connectivity index (χ2n) is 6.52. The number of esters is 1. The molecular weight excluding hydrogens is 390 g/mol. The van der Waals surface area contributed by atoms with Gasteiger partial charge in [0.05, 0.1) is 18.0 Å². The molecule has 1 heterocycles. The van der Waals surface area contributed by atoms with Gasteiger partial charge in [-0.25, -0.2) is 4.98 Å². The monoisotopic (exact) mass is 411 g/mol. The van der Waals surface area contributed by atoms with Gasteiger partial charge in [0.2, 0.25) is 5.91 Å². The van der Waals surface area contributed by atoms with Gasteiger partial charge in [-0.3, -0.25) is 19.0 Å². The third-order valence-electron chi connectivity index (χ3n) is 4.33. The Hall–Kier alpha value is -3.13. The molecular formula is C21H21N3O4S. The first kappa shape index (κ1) is 20.6. The van der Waals surface area contributed by atoms with Crippen LogP contribution >= 0.6 is 11.8 Å². The Labute approximate surface area is 172 Å². The number of methoxy groups -OCH3 is 1. The van der Waals surface area contributed by atoms with Crippen LogP contribution in [0.25, 0.3) is 10.9 Å². The van der Waals surface area contributed by atoms with Crippen molar-refractivity contribution in [1.29, 1.82) is 0 Å². The summed E-state index contributed by atoms with van der Waals surface area (Å²) >= 11 is 1.14. The maximum absolute atomic E-state index is 13.0. The van der Waals surface area contributed by atoms with E-state index in [2.05, 4.69) is 4.98 Å². The topological polar surface area (TPSA) is 81.5 Å². The number of hydrogen-bond donors (Lipinski definition) is 0. The van der Waals surface area contributed by atoms with Gasteiger partial charge in [-0.15, -0.1) is 0 Å². The molecule has 0 fully saturated rings. The highest BCUT2D eigenvalue weighted by atomic mass is 32.2. The number of fused-ring (bicyclic) bond motifs is 1. The Morgan fingerprint density at radius 1 is 1.10 bits per heavy atom. The molecule has 29 heavy (non-hydrogen) atoms. The summed E-state index contributed by atoms with van der Waals surface area (Å²) in [5, 5.41) is 0.0577. The van der Waals surface area contributed by atoms with Crippen LogP contribution in [0.4, 0.5) is 0 Å². The number of carbonyl (C=O) groups excluding carboxylic acids is 2. The van der Waals surface area contributed by atoms with Crippen molar-refractivity contribution in [2.24, 2.45) is 0 Å². The van der Waals surface area contributed by atoms with E-state index in [0.29, 0.717) is 10.9 Å². The van der Waals surface area contributed by atoms with Crippen LogP contribution in [0.15, 0.2) is 64.5 Å². The number of hydrogen-bond acceptors (Lipinski definition) is 6. The molecule has 0 radical (unpaired) electrons. The van der Waals surface area contributed by atoms with Crippen molar-refractivity contribution >= 4 is 34.5 Å². The quantitative estimate of drug-likeness (QED) is 0.352. The van der Waals surface area contributed by atoms with Crippen LogP contribution in [-0.4, -0.2) is 47.5 Å². The van der Waals surface area contributed by atoms with Crippen molar-refractivity contribution in [2.75, 3.05) is 21.2 Å². The zero-order chi connectivity index (χ0) is 21.0. The first-order valence-corrected chi connectivity index (χ1v) is 9.79. The predicted molar refractivity (Wildman–Crippen MR) is 112 cm³/mol. The number of likely N-dealkylation sites (N-methyl/N-ethyl adjacent to an activating group) is 1. The Bertz CT molecular complexity index is 1100. The average molecular weight is 411 g/mol. The van der Waals surface area contributed by atoms with Crippen molar-refractivity contribution in [3.05, 3.63) is 70.5 Å². The van der Waals surface area contributed by atoms with Gasteiger partial charge in [0.25, 0.3) is 5.56 Å². The fourth-order valence-corrected chi connectivity index (χ4v) is 4.04. The number of amides is 1. The van der Waals surface area contributed by atoms with Crippen molar-refractivity contribution in [3.63, 3.8) is 0 Å². The van der Waals surface area contributed by atoms with Crippen molar-refractivity contribution < 1.29 is 14.3 Å². The zero-order valence-electron chi connectivity index (χ0n) is 16.4. The highest BCUT2D eigenvalue weighted by molar-refractivity contribution is 8.00. The number of aromatic nitrogens is 2. The molecule has 1 aromatic heterocycles. The maximum atomic E-state index is 13.0. The Morgan fingerprint density at radius 3 is 2.41 bits per heavy atom. The second-order valence-corrected chi connectivity index (χ2v) is 7.59. The minimum absolute atomic E-state index is 0.145. The van der Waals surface area contributed by atoms with E-state index in [-0.39, 0.29) is 23.2 Å². The van der Waals surface area contributed by atoms with Gasteiger partial charge in [0, 0.05) is 14.1 Å². The highest BCUT2D eigenvalue weighted by Crippen LogP contribution is 2.35. The Balaban J connectivity index is 2.15. The van der Waals surface area contributed by atoms with Crippen molar-refractivity contribution in [3.8, 4) is 0 Å². The number of thioether (sulfide) groups is 1. The minimum atomic E-state index is -0.622. The summed E-state index contributed by atoms with van der Waals surface area (Å²) in [6.45, 7) is -0.285. The normalized spacial score (nSPS) is 11.8. The van der Waals surface area contributed by atoms with E-state index in [9.17, 15) is 14.4 Å². The molecule has 0 aliphatic rings. The molecule has 150 valence electrons. The van der Waals surface area contributed by atoms with Gasteiger partial charge in [-0.1, -0.05) is 54.2 Å². The number of carbonyl (C=O) groups is 2. The Morgan fingerprint density at radius 2 is 1.76 bits per heavy atom. The van der Waals surface area contributed by atoms with E-state index in [0.717, 1.165) is 17.3 Å². The summed E-state index contributed by atoms with van der Waals surface area (Å²) in [5.41, 5.74) is 0.932. The molecule has 0 bridgehead atoms. The molecule has 0 spiro atoms. The highest BCUT2D eigenvalue weighted by Gasteiger charge is 2.27. The SMILES string of the molecule is COC(=O)Cn1c(S[C@H](C(=O)N(C)C)c2ccccc2)nc2ccccc2c1=O. The van der Waals surface area contributed by atoms with E-state index in [4.69, 9.17) is 4.74 Å². The van der Waals surface area contributed by atoms with E-state index >= 15 is 0 Å². The van der Waals surface area contributed by atoms with Crippen molar-refractivity contribution in [2.45, 2.75) is 17.0 Å². The molecule has 0 N–H and O–H groups in total. The number of para-hydroxylation sites is 1. The fraction of sp³-hybridized carbons (Fsp3) is 0.238. The molecule has 0 saturated heterocycles. The lowest BCUT2D eigenvalue weighted by Gasteiger charge is -2.21. The van der Waals surface area contributed by atoms with E-state index < -0.39 is 11.2 Å². The summed E-state index contributed by atoms with van der Waals surface area (Å²) in [5.74, 6) is -0.713. The molecule has 0 saturated carbocycles. The predicted octanol–water partition coefficient (Wildman–Crippen LogP) is 2.49. The average Bonchev–Trinajstić information content (AvgIpc) is 2.74. The van der Waals surface area contributed by atoms with Crippen LogP contribution < -0.4 is 5.56 Å². The minimum Gasteiger partial charge on any atom is -0.468 e. The summed E-state index contributed by atoms with van der Waals surface area (Å²) in [6.07, 6.45) is 0. The van der Waals surface area contributed by atoms with E-state index in [1.807, 2.05) is 30.3 Å². The molecule has 0 aliphatic carbocycles. The molecule has 7 nitrogen and oxygen atoms in total. The molecule has 3 aromatic rings. The third-order valence-corrected chi connectivity index (χ3v) is 5.56. The molecule has 1 atom stereocenters. The van der Waals surface area contributed by atoms with Crippen LogP contribution in [0.5, 0.6) is 0 Å². The smallest absolute Gasteiger partial charge is 0.325 e. The van der Waals surface area contributed by atoms with E-state index in [1.54, 1.807) is 38.4 Å². The Kier molecular flexibility index (Phi) is 6.33. The summed E-state index contributed by atoms with van der Waals surface area (Å²) in [7, 11) is 4.61. The van der Waals surface area contributed by atoms with Crippen LogP contribution in [0.2, 0.25) is 0 Å². The summed E-state index contributed by atoms with van der Waals surface area (Å²) < 4.78 is 6.00. The third kappa shape index (κ3) is 4.48. The summed E-state index contributed by atoms with van der Waals surface area (Å²) in [6, 6.07) is 16.2. The van der Waals surface area contributed by atoms with Gasteiger partial charge < -0.3 is 9.64 Å². The largest absolute Gasteiger partial charge is 0.468 e. The van der Waals surface area contributed by atoms with Gasteiger partial charge in [-0.05, 0) is 17.7 Å². The number of rotatable bonds is 6. The molecule has 1 amide bonds. The molecule has 2 aromatic carbocycles. The van der Waals surface area contributed by atoms with Crippen LogP contribution in [0.1, 0.15) is 10.8 Å². The van der Waals surface area contributed by atoms with Gasteiger partial charge in [0.1, 0.15) is 11.8 Å². The zero-order valence-corrected chi connectivity index (χ0v) is 17.2. The molecule has 0 unspecified atom stereocenters. The fourth-order valence-electron chi connectivity index (χ4n) is 2.80. The van der Waals surface area contributed by atoms with Crippen molar-refractivity contribution in [1.82, 2.24) is 14.5 Å².